The van der Waals surface area contributed by atoms with Crippen molar-refractivity contribution >= 4 is 0 Å². The normalized spacial score (nSPS) is 12.1. The Kier molecular flexibility index (Phi) is 3.84. The van der Waals surface area contributed by atoms with E-state index in [4.69, 9.17) is 10.2 Å². The van der Waals surface area contributed by atoms with E-state index in [9.17, 15) is 0 Å². The van der Waals surface area contributed by atoms with E-state index in [1.54, 1.807) is 17.8 Å². The van der Waals surface area contributed by atoms with Gasteiger partial charge in [-0.2, -0.15) is 5.10 Å². The molecule has 15 heavy (non-hydrogen) atoms. The zero-order valence-electron chi connectivity index (χ0n) is 9.49. The third-order valence-corrected chi connectivity index (χ3v) is 2.74. The summed E-state index contributed by atoms with van der Waals surface area (Å²) in [6.07, 6.45) is 1.79. The lowest BCUT2D eigenvalue weighted by molar-refractivity contribution is 0.103. The molecule has 0 aliphatic carbocycles. The second kappa shape index (κ2) is 4.74. The summed E-state index contributed by atoms with van der Waals surface area (Å²) in [4.78, 5) is 0. The zero-order valence-corrected chi connectivity index (χ0v) is 9.49. The number of aliphatic hydroxyl groups excluding tert-OH is 2. The molecule has 5 heteroatoms. The minimum atomic E-state index is -0.637. The topological polar surface area (TPSA) is 70.3 Å². The van der Waals surface area contributed by atoms with Gasteiger partial charge in [-0.3, -0.25) is 4.68 Å². The van der Waals surface area contributed by atoms with Crippen LogP contribution in [0.4, 0.5) is 0 Å². The van der Waals surface area contributed by atoms with Gasteiger partial charge >= 0.3 is 0 Å². The molecule has 0 bridgehead atoms. The van der Waals surface area contributed by atoms with Gasteiger partial charge in [0.05, 0.1) is 24.9 Å². The quantitative estimate of drug-likeness (QED) is 0.620. The van der Waals surface area contributed by atoms with Crippen LogP contribution in [0.15, 0.2) is 6.20 Å². The van der Waals surface area contributed by atoms with E-state index in [1.807, 2.05) is 14.0 Å². The molecular weight excluding hydrogens is 194 g/mol. The molecule has 1 aromatic rings. The van der Waals surface area contributed by atoms with Crippen molar-refractivity contribution in [2.75, 3.05) is 13.2 Å². The summed E-state index contributed by atoms with van der Waals surface area (Å²) >= 11 is 0. The van der Waals surface area contributed by atoms with Crippen LogP contribution < -0.4 is 5.32 Å². The van der Waals surface area contributed by atoms with Crippen molar-refractivity contribution in [2.24, 2.45) is 7.05 Å². The van der Waals surface area contributed by atoms with Crippen molar-refractivity contribution in [3.63, 3.8) is 0 Å². The smallest absolute Gasteiger partial charge is 0.0633 e. The molecule has 5 nitrogen and oxygen atoms in total. The maximum atomic E-state index is 9.09. The van der Waals surface area contributed by atoms with Gasteiger partial charge in [0.25, 0.3) is 0 Å². The minimum absolute atomic E-state index is 0.0944. The fourth-order valence-electron chi connectivity index (χ4n) is 1.19. The summed E-state index contributed by atoms with van der Waals surface area (Å²) in [6.45, 7) is 4.17. The van der Waals surface area contributed by atoms with Gasteiger partial charge in [0.15, 0.2) is 0 Å². The van der Waals surface area contributed by atoms with E-state index >= 15 is 0 Å². The first kappa shape index (κ1) is 12.2. The maximum Gasteiger partial charge on any atom is 0.0633 e. The van der Waals surface area contributed by atoms with Gasteiger partial charge in [-0.1, -0.05) is 0 Å². The van der Waals surface area contributed by atoms with E-state index in [0.717, 1.165) is 11.3 Å². The van der Waals surface area contributed by atoms with Crippen molar-refractivity contribution in [3.05, 3.63) is 17.5 Å². The van der Waals surface area contributed by atoms with Crippen LogP contribution >= 0.6 is 0 Å². The van der Waals surface area contributed by atoms with Crippen LogP contribution in [0.1, 0.15) is 18.2 Å². The fraction of sp³-hybridized carbons (Fsp3) is 0.700. The molecule has 0 saturated carbocycles. The van der Waals surface area contributed by atoms with Gasteiger partial charge in [0, 0.05) is 24.8 Å². The van der Waals surface area contributed by atoms with Crippen LogP contribution in [-0.4, -0.2) is 38.7 Å². The summed E-state index contributed by atoms with van der Waals surface area (Å²) in [7, 11) is 1.89. The van der Waals surface area contributed by atoms with Gasteiger partial charge in [-0.25, -0.2) is 0 Å². The van der Waals surface area contributed by atoms with Crippen LogP contribution in [0.5, 0.6) is 0 Å². The standard InChI is InChI=1S/C10H19N3O2/c1-8-9(5-12-13(8)3)4-11-10(2,6-14)7-15/h5,11,14-15H,4,6-7H2,1-3H3. The molecule has 0 aromatic carbocycles. The second-order valence-corrected chi connectivity index (χ2v) is 4.11. The molecule has 0 unspecified atom stereocenters. The molecule has 0 aliphatic rings. The predicted molar refractivity (Wildman–Crippen MR) is 57.4 cm³/mol. The minimum Gasteiger partial charge on any atom is -0.394 e. The highest BCUT2D eigenvalue weighted by Gasteiger charge is 2.21. The largest absolute Gasteiger partial charge is 0.394 e. The number of aromatic nitrogens is 2. The van der Waals surface area contributed by atoms with Crippen molar-refractivity contribution in [1.82, 2.24) is 15.1 Å². The number of hydrogen-bond acceptors (Lipinski definition) is 4. The van der Waals surface area contributed by atoms with E-state index in [-0.39, 0.29) is 13.2 Å². The first-order valence-electron chi connectivity index (χ1n) is 4.96. The third kappa shape index (κ3) is 2.77. The highest BCUT2D eigenvalue weighted by atomic mass is 16.3. The molecule has 0 fully saturated rings. The lowest BCUT2D eigenvalue weighted by Gasteiger charge is -2.26. The molecule has 0 radical (unpaired) electrons. The number of aryl methyl sites for hydroxylation is 1. The first-order valence-corrected chi connectivity index (χ1v) is 4.96. The first-order chi connectivity index (χ1) is 7.02. The monoisotopic (exact) mass is 213 g/mol. The van der Waals surface area contributed by atoms with E-state index < -0.39 is 5.54 Å². The van der Waals surface area contributed by atoms with Crippen molar-refractivity contribution in [1.29, 1.82) is 0 Å². The molecule has 1 rings (SSSR count). The average Bonchev–Trinajstić information content (AvgIpc) is 2.57. The molecule has 86 valence electrons. The Hall–Kier alpha value is -0.910. The lowest BCUT2D eigenvalue weighted by Crippen LogP contribution is -2.48. The average molecular weight is 213 g/mol. The number of hydrogen-bond donors (Lipinski definition) is 3. The van der Waals surface area contributed by atoms with Crippen LogP contribution in [0.25, 0.3) is 0 Å². The Bertz CT molecular complexity index is 318. The summed E-state index contributed by atoms with van der Waals surface area (Å²) in [6, 6.07) is 0. The number of aliphatic hydroxyl groups is 2. The van der Waals surface area contributed by atoms with Gasteiger partial charge in [0.2, 0.25) is 0 Å². The van der Waals surface area contributed by atoms with Gasteiger partial charge in [-0.05, 0) is 13.8 Å². The number of nitrogens with one attached hydrogen (secondary N) is 1. The van der Waals surface area contributed by atoms with Crippen LogP contribution in [0.2, 0.25) is 0 Å². The lowest BCUT2D eigenvalue weighted by atomic mass is 10.1. The number of nitrogens with zero attached hydrogens (tertiary/aromatic N) is 2. The van der Waals surface area contributed by atoms with Crippen LogP contribution in [0.3, 0.4) is 0 Å². The SMILES string of the molecule is Cc1c(CNC(C)(CO)CO)cnn1C. The van der Waals surface area contributed by atoms with Gasteiger partial charge in [-0.15, -0.1) is 0 Å². The summed E-state index contributed by atoms with van der Waals surface area (Å²) in [5, 5.41) is 25.4. The predicted octanol–water partition coefficient (Wildman–Crippen LogP) is -0.439. The van der Waals surface area contributed by atoms with Crippen LogP contribution in [0, 0.1) is 6.92 Å². The Balaban J connectivity index is 2.60. The highest BCUT2D eigenvalue weighted by molar-refractivity contribution is 5.15. The summed E-state index contributed by atoms with van der Waals surface area (Å²) in [5.41, 5.74) is 1.52. The van der Waals surface area contributed by atoms with E-state index in [2.05, 4.69) is 10.4 Å². The Morgan fingerprint density at radius 3 is 2.47 bits per heavy atom. The Morgan fingerprint density at radius 1 is 1.47 bits per heavy atom. The molecule has 0 amide bonds. The zero-order chi connectivity index (χ0) is 11.5. The van der Waals surface area contributed by atoms with Gasteiger partial charge in [0.1, 0.15) is 0 Å². The second-order valence-electron chi connectivity index (χ2n) is 4.11. The van der Waals surface area contributed by atoms with Crippen LogP contribution in [-0.2, 0) is 13.6 Å². The Morgan fingerprint density at radius 2 is 2.07 bits per heavy atom. The molecule has 0 spiro atoms. The van der Waals surface area contributed by atoms with Crippen molar-refractivity contribution < 1.29 is 10.2 Å². The molecule has 0 aliphatic heterocycles. The maximum absolute atomic E-state index is 9.09. The third-order valence-electron chi connectivity index (χ3n) is 2.74. The highest BCUT2D eigenvalue weighted by Crippen LogP contribution is 2.08. The van der Waals surface area contributed by atoms with Crippen molar-refractivity contribution in [2.45, 2.75) is 25.9 Å². The molecule has 0 saturated heterocycles. The molecule has 3 N–H and O–H groups in total. The number of rotatable bonds is 5. The van der Waals surface area contributed by atoms with E-state index in [0.29, 0.717) is 6.54 Å². The summed E-state index contributed by atoms with van der Waals surface area (Å²) < 4.78 is 1.80. The van der Waals surface area contributed by atoms with Gasteiger partial charge < -0.3 is 15.5 Å². The molecule has 1 heterocycles. The Labute approximate surface area is 89.7 Å². The molecule has 1 aromatic heterocycles. The van der Waals surface area contributed by atoms with E-state index in [1.165, 1.54) is 0 Å². The molecular formula is C10H19N3O2. The summed E-state index contributed by atoms with van der Waals surface area (Å²) in [5.74, 6) is 0. The van der Waals surface area contributed by atoms with Crippen molar-refractivity contribution in [3.8, 4) is 0 Å². The molecule has 0 atom stereocenters. The fourth-order valence-corrected chi connectivity index (χ4v) is 1.19.